The van der Waals surface area contributed by atoms with E-state index in [0.717, 1.165) is 58.7 Å². The van der Waals surface area contributed by atoms with Crippen LogP contribution < -0.4 is 5.73 Å². The molecule has 0 atom stereocenters. The molecule has 0 aromatic carbocycles. The van der Waals surface area contributed by atoms with Gasteiger partial charge in [0.1, 0.15) is 0 Å². The topological polar surface area (TPSA) is 96.3 Å². The normalized spacial score (nSPS) is 11.0. The van der Waals surface area contributed by atoms with Crippen LogP contribution in [0.1, 0.15) is 42.4 Å². The number of aromatic amines is 2. The van der Waals surface area contributed by atoms with E-state index in [0.29, 0.717) is 6.54 Å². The molecule has 0 amide bonds. The summed E-state index contributed by atoms with van der Waals surface area (Å²) in [5.41, 5.74) is 13.9. The summed E-state index contributed by atoms with van der Waals surface area (Å²) in [5.74, 6) is 0. The molecule has 0 radical (unpaired) electrons. The number of rotatable bonds is 7. The maximum atomic E-state index is 5.89. The summed E-state index contributed by atoms with van der Waals surface area (Å²) < 4.78 is 0. The van der Waals surface area contributed by atoms with Gasteiger partial charge in [0.2, 0.25) is 0 Å². The summed E-state index contributed by atoms with van der Waals surface area (Å²) in [5, 5.41) is 14.4. The second-order valence-corrected chi connectivity index (χ2v) is 6.11. The maximum absolute atomic E-state index is 5.89. The minimum Gasteiger partial charge on any atom is -0.325 e. The van der Waals surface area contributed by atoms with Gasteiger partial charge >= 0.3 is 0 Å². The molecular formula is C19H24N6. The van der Waals surface area contributed by atoms with E-state index in [9.17, 15) is 0 Å². The van der Waals surface area contributed by atoms with Crippen molar-refractivity contribution < 1.29 is 0 Å². The quantitative estimate of drug-likeness (QED) is 0.614. The van der Waals surface area contributed by atoms with Crippen LogP contribution in [-0.4, -0.2) is 25.4 Å². The van der Waals surface area contributed by atoms with Crippen LogP contribution in [-0.2, 0) is 13.0 Å². The number of hydrogen-bond donors (Lipinski definition) is 3. The first-order valence-corrected chi connectivity index (χ1v) is 8.58. The molecule has 4 N–H and O–H groups in total. The van der Waals surface area contributed by atoms with Crippen molar-refractivity contribution in [1.29, 1.82) is 0 Å². The van der Waals surface area contributed by atoms with Crippen LogP contribution in [0.25, 0.3) is 28.5 Å². The molecule has 0 unspecified atom stereocenters. The molecule has 0 bridgehead atoms. The van der Waals surface area contributed by atoms with E-state index < -0.39 is 0 Å². The molecule has 6 heteroatoms. The Hall–Kier alpha value is -2.73. The van der Waals surface area contributed by atoms with Gasteiger partial charge in [-0.05, 0) is 37.5 Å². The molecule has 130 valence electrons. The highest BCUT2D eigenvalue weighted by molar-refractivity contribution is 5.78. The lowest BCUT2D eigenvalue weighted by atomic mass is 9.94. The number of hydrogen-bond acceptors (Lipinski definition) is 4. The molecule has 6 nitrogen and oxygen atoms in total. The van der Waals surface area contributed by atoms with Gasteiger partial charge in [-0.25, -0.2) is 0 Å². The Morgan fingerprint density at radius 3 is 2.72 bits per heavy atom. The van der Waals surface area contributed by atoms with Gasteiger partial charge in [-0.1, -0.05) is 19.9 Å². The number of pyridine rings is 1. The van der Waals surface area contributed by atoms with E-state index in [1.807, 2.05) is 19.3 Å². The van der Waals surface area contributed by atoms with Crippen molar-refractivity contribution in [1.82, 2.24) is 25.4 Å². The molecule has 3 heterocycles. The Kier molecular flexibility index (Phi) is 5.09. The first kappa shape index (κ1) is 17.1. The average molecular weight is 336 g/mol. The molecular weight excluding hydrogens is 312 g/mol. The summed E-state index contributed by atoms with van der Waals surface area (Å²) in [7, 11) is 0. The van der Waals surface area contributed by atoms with Crippen molar-refractivity contribution in [3.63, 3.8) is 0 Å². The van der Waals surface area contributed by atoms with E-state index in [-0.39, 0.29) is 0 Å². The summed E-state index contributed by atoms with van der Waals surface area (Å²) in [6, 6.07) is 2.16. The maximum Gasteiger partial charge on any atom is 0.0925 e. The van der Waals surface area contributed by atoms with E-state index >= 15 is 0 Å². The van der Waals surface area contributed by atoms with Crippen molar-refractivity contribution in [2.24, 2.45) is 5.73 Å². The molecule has 0 aliphatic heterocycles. The minimum absolute atomic E-state index is 0.395. The number of aryl methyl sites for hydroxylation is 2. The zero-order valence-electron chi connectivity index (χ0n) is 14.8. The highest BCUT2D eigenvalue weighted by Crippen LogP contribution is 2.33. The van der Waals surface area contributed by atoms with Crippen LogP contribution in [0.3, 0.4) is 0 Å². The van der Waals surface area contributed by atoms with Crippen molar-refractivity contribution in [2.45, 2.75) is 39.7 Å². The second kappa shape index (κ2) is 7.44. The SMILES string of the molecule is C=Cc1n[nH]c(CN)c1-c1cnc(-c2cn[nH]c2C)cc1CCCC. The number of nitrogens with two attached hydrogens (primary N) is 1. The largest absolute Gasteiger partial charge is 0.325 e. The highest BCUT2D eigenvalue weighted by atomic mass is 15.1. The molecule has 0 spiro atoms. The zero-order valence-corrected chi connectivity index (χ0v) is 14.8. The fourth-order valence-electron chi connectivity index (χ4n) is 3.04. The summed E-state index contributed by atoms with van der Waals surface area (Å²) in [6.07, 6.45) is 8.71. The third kappa shape index (κ3) is 3.25. The Balaban J connectivity index is 2.15. The minimum atomic E-state index is 0.395. The van der Waals surface area contributed by atoms with Gasteiger partial charge in [-0.3, -0.25) is 15.2 Å². The fourth-order valence-corrected chi connectivity index (χ4v) is 3.04. The first-order valence-electron chi connectivity index (χ1n) is 8.58. The number of aromatic nitrogens is 5. The van der Waals surface area contributed by atoms with Gasteiger partial charge in [0.15, 0.2) is 0 Å². The zero-order chi connectivity index (χ0) is 17.8. The number of H-pyrrole nitrogens is 2. The highest BCUT2D eigenvalue weighted by Gasteiger charge is 2.17. The molecule has 25 heavy (non-hydrogen) atoms. The van der Waals surface area contributed by atoms with E-state index in [1.165, 1.54) is 5.56 Å². The van der Waals surface area contributed by atoms with Gasteiger partial charge in [0.05, 0.1) is 23.3 Å². The molecule has 3 aromatic heterocycles. The van der Waals surface area contributed by atoms with Gasteiger partial charge in [-0.2, -0.15) is 10.2 Å². The molecule has 3 rings (SSSR count). The number of nitrogens with one attached hydrogen (secondary N) is 2. The van der Waals surface area contributed by atoms with Gasteiger partial charge in [0, 0.05) is 35.1 Å². The standard InChI is InChI=1S/C19H24N6/c1-4-6-7-13-8-17(14-11-22-23-12(14)3)21-10-15(13)19-16(5-2)24-25-18(19)9-20/h5,8,10-11H,2,4,6-7,9,20H2,1,3H3,(H,22,23)(H,24,25). The van der Waals surface area contributed by atoms with Crippen molar-refractivity contribution >= 4 is 6.08 Å². The predicted octanol–water partition coefficient (Wildman–Crippen LogP) is 3.61. The van der Waals surface area contributed by atoms with Crippen molar-refractivity contribution in [2.75, 3.05) is 0 Å². The fraction of sp³-hybridized carbons (Fsp3) is 0.316. The molecule has 3 aromatic rings. The summed E-state index contributed by atoms with van der Waals surface area (Å²) in [6.45, 7) is 8.46. The third-order valence-electron chi connectivity index (χ3n) is 4.43. The van der Waals surface area contributed by atoms with Gasteiger partial charge < -0.3 is 5.73 Å². The Labute approximate surface area is 147 Å². The molecule has 0 saturated heterocycles. The lowest BCUT2D eigenvalue weighted by molar-refractivity contribution is 0.795. The van der Waals surface area contributed by atoms with Crippen LogP contribution in [0.4, 0.5) is 0 Å². The first-order chi connectivity index (χ1) is 12.2. The molecule has 0 fully saturated rings. The Morgan fingerprint density at radius 1 is 1.24 bits per heavy atom. The lowest BCUT2D eigenvalue weighted by Crippen LogP contribution is -2.01. The average Bonchev–Trinajstić information content (AvgIpc) is 3.25. The molecule has 0 aliphatic carbocycles. The van der Waals surface area contributed by atoms with Crippen molar-refractivity contribution in [3.05, 3.63) is 47.7 Å². The van der Waals surface area contributed by atoms with Gasteiger partial charge in [0.25, 0.3) is 0 Å². The molecule has 0 saturated carbocycles. The molecule has 0 aliphatic rings. The summed E-state index contributed by atoms with van der Waals surface area (Å²) in [4.78, 5) is 4.68. The van der Waals surface area contributed by atoms with Crippen LogP contribution in [0.15, 0.2) is 25.0 Å². The predicted molar refractivity (Wildman–Crippen MR) is 101 cm³/mol. The number of unbranched alkanes of at least 4 members (excludes halogenated alkanes) is 1. The second-order valence-electron chi connectivity index (χ2n) is 6.11. The van der Waals surface area contributed by atoms with Crippen LogP contribution in [0.5, 0.6) is 0 Å². The monoisotopic (exact) mass is 336 g/mol. The van der Waals surface area contributed by atoms with Crippen LogP contribution >= 0.6 is 0 Å². The van der Waals surface area contributed by atoms with E-state index in [1.54, 1.807) is 6.08 Å². The van der Waals surface area contributed by atoms with Crippen LogP contribution in [0.2, 0.25) is 0 Å². The summed E-state index contributed by atoms with van der Waals surface area (Å²) >= 11 is 0. The van der Waals surface area contributed by atoms with E-state index in [2.05, 4.69) is 44.9 Å². The smallest absolute Gasteiger partial charge is 0.0925 e. The van der Waals surface area contributed by atoms with E-state index in [4.69, 9.17) is 5.73 Å². The lowest BCUT2D eigenvalue weighted by Gasteiger charge is -2.12. The van der Waals surface area contributed by atoms with Gasteiger partial charge in [-0.15, -0.1) is 0 Å². The Morgan fingerprint density at radius 2 is 2.08 bits per heavy atom. The Bertz CT molecular complexity index is 874. The number of nitrogens with zero attached hydrogens (tertiary/aromatic N) is 3. The van der Waals surface area contributed by atoms with Crippen molar-refractivity contribution in [3.8, 4) is 22.4 Å². The van der Waals surface area contributed by atoms with Crippen LogP contribution in [0, 0.1) is 6.92 Å². The third-order valence-corrected chi connectivity index (χ3v) is 4.43.